The molecule has 0 spiro atoms. The summed E-state index contributed by atoms with van der Waals surface area (Å²) in [6.45, 7) is 1.88. The zero-order chi connectivity index (χ0) is 16.2. The van der Waals surface area contributed by atoms with Crippen LogP contribution in [-0.4, -0.2) is 50.9 Å². The van der Waals surface area contributed by atoms with Crippen molar-refractivity contribution in [3.8, 4) is 0 Å². The second kappa shape index (κ2) is 8.66. The minimum atomic E-state index is -3.00. The molecule has 7 heteroatoms. The summed E-state index contributed by atoms with van der Waals surface area (Å²) in [6.07, 6.45) is 1.87. The Hall–Kier alpha value is -1.11. The number of halogens is 1. The van der Waals surface area contributed by atoms with E-state index < -0.39 is 9.84 Å². The summed E-state index contributed by atoms with van der Waals surface area (Å²) in [6, 6.07) is 10.1. The summed E-state index contributed by atoms with van der Waals surface area (Å²) >= 11 is 0. The number of carbonyl (C=O) groups excluding carboxylic acids is 1. The summed E-state index contributed by atoms with van der Waals surface area (Å²) in [5.41, 5.74) is 7.08. The first kappa shape index (κ1) is 19.9. The molecule has 0 radical (unpaired) electrons. The summed E-state index contributed by atoms with van der Waals surface area (Å²) < 4.78 is 22.3. The second-order valence-corrected chi connectivity index (χ2v) is 8.30. The number of nitrogens with zero attached hydrogens (tertiary/aromatic N) is 1. The van der Waals surface area contributed by atoms with E-state index in [2.05, 4.69) is 12.1 Å². The van der Waals surface area contributed by atoms with Crippen LogP contribution in [0.3, 0.4) is 0 Å². The quantitative estimate of drug-likeness (QED) is 0.832. The van der Waals surface area contributed by atoms with Gasteiger partial charge in [0.25, 0.3) is 0 Å². The van der Waals surface area contributed by atoms with Gasteiger partial charge in [0, 0.05) is 31.7 Å². The highest BCUT2D eigenvalue weighted by Crippen LogP contribution is 2.32. The van der Waals surface area contributed by atoms with E-state index in [0.717, 1.165) is 0 Å². The van der Waals surface area contributed by atoms with Gasteiger partial charge in [-0.2, -0.15) is 0 Å². The van der Waals surface area contributed by atoms with Crippen LogP contribution in [0.15, 0.2) is 30.3 Å². The SMILES string of the molecule is CS(=O)(=O)CCCC(=O)N1C[C@@H](CN)[C@H](c2ccccc2)C1.Cl. The van der Waals surface area contributed by atoms with Crippen LogP contribution in [0.5, 0.6) is 0 Å². The largest absolute Gasteiger partial charge is 0.342 e. The van der Waals surface area contributed by atoms with Gasteiger partial charge in [-0.3, -0.25) is 4.79 Å². The standard InChI is InChI=1S/C16H24N2O3S.ClH/c1-22(20,21)9-5-8-16(19)18-11-14(10-17)15(12-18)13-6-3-2-4-7-13;/h2-4,6-7,14-15H,5,8-12,17H2,1H3;1H/t14-,15+;/m1./s1. The highest BCUT2D eigenvalue weighted by Gasteiger charge is 2.34. The third-order valence-electron chi connectivity index (χ3n) is 4.23. The molecule has 0 aliphatic carbocycles. The fourth-order valence-corrected chi connectivity index (χ4v) is 3.70. The fourth-order valence-electron chi connectivity index (χ4n) is 3.04. The zero-order valence-corrected chi connectivity index (χ0v) is 15.0. The molecule has 1 saturated heterocycles. The number of carbonyl (C=O) groups is 1. The number of hydrogen-bond acceptors (Lipinski definition) is 4. The van der Waals surface area contributed by atoms with Crippen LogP contribution < -0.4 is 5.73 Å². The van der Waals surface area contributed by atoms with Gasteiger partial charge in [-0.05, 0) is 24.4 Å². The molecule has 1 heterocycles. The van der Waals surface area contributed by atoms with Gasteiger partial charge in [0.1, 0.15) is 9.84 Å². The third kappa shape index (κ3) is 5.79. The Morgan fingerprint density at radius 2 is 1.91 bits per heavy atom. The molecule has 1 fully saturated rings. The molecule has 1 aromatic carbocycles. The minimum Gasteiger partial charge on any atom is -0.342 e. The Labute approximate surface area is 144 Å². The lowest BCUT2D eigenvalue weighted by Gasteiger charge is -2.16. The normalized spacial score (nSPS) is 21.0. The first-order valence-corrected chi connectivity index (χ1v) is 9.67. The van der Waals surface area contributed by atoms with Gasteiger partial charge >= 0.3 is 0 Å². The maximum absolute atomic E-state index is 12.3. The van der Waals surface area contributed by atoms with E-state index in [1.54, 1.807) is 0 Å². The highest BCUT2D eigenvalue weighted by atomic mass is 35.5. The van der Waals surface area contributed by atoms with Crippen LogP contribution >= 0.6 is 12.4 Å². The van der Waals surface area contributed by atoms with Crippen LogP contribution in [0.2, 0.25) is 0 Å². The highest BCUT2D eigenvalue weighted by molar-refractivity contribution is 7.90. The van der Waals surface area contributed by atoms with Crippen molar-refractivity contribution in [2.75, 3.05) is 31.6 Å². The third-order valence-corrected chi connectivity index (χ3v) is 5.26. The maximum Gasteiger partial charge on any atom is 0.222 e. The number of amides is 1. The van der Waals surface area contributed by atoms with Crippen molar-refractivity contribution in [1.82, 2.24) is 4.90 Å². The van der Waals surface area contributed by atoms with Crippen LogP contribution in [-0.2, 0) is 14.6 Å². The lowest BCUT2D eigenvalue weighted by Crippen LogP contribution is -2.30. The molecular formula is C16H25ClN2O3S. The van der Waals surface area contributed by atoms with Crippen molar-refractivity contribution in [2.45, 2.75) is 18.8 Å². The molecule has 0 saturated carbocycles. The Kier molecular flexibility index (Phi) is 7.51. The molecular weight excluding hydrogens is 336 g/mol. The predicted molar refractivity (Wildman–Crippen MR) is 94.5 cm³/mol. The maximum atomic E-state index is 12.3. The Morgan fingerprint density at radius 3 is 2.48 bits per heavy atom. The van der Waals surface area contributed by atoms with E-state index >= 15 is 0 Å². The number of benzene rings is 1. The van der Waals surface area contributed by atoms with Gasteiger partial charge in [0.05, 0.1) is 5.75 Å². The molecule has 2 atom stereocenters. The molecule has 0 unspecified atom stereocenters. The van der Waals surface area contributed by atoms with Crippen molar-refractivity contribution in [3.05, 3.63) is 35.9 Å². The summed E-state index contributed by atoms with van der Waals surface area (Å²) in [5.74, 6) is 0.626. The molecule has 23 heavy (non-hydrogen) atoms. The molecule has 1 aliphatic rings. The first-order chi connectivity index (χ1) is 10.4. The van der Waals surface area contributed by atoms with Gasteiger partial charge in [-0.1, -0.05) is 30.3 Å². The van der Waals surface area contributed by atoms with Crippen LogP contribution in [0.25, 0.3) is 0 Å². The molecule has 2 rings (SSSR count). The van der Waals surface area contributed by atoms with E-state index in [-0.39, 0.29) is 42.3 Å². The van der Waals surface area contributed by atoms with Gasteiger partial charge in [-0.15, -0.1) is 12.4 Å². The molecule has 2 N–H and O–H groups in total. The summed E-state index contributed by atoms with van der Waals surface area (Å²) in [7, 11) is -3.00. The first-order valence-electron chi connectivity index (χ1n) is 7.61. The van der Waals surface area contributed by atoms with E-state index in [1.165, 1.54) is 11.8 Å². The fraction of sp³-hybridized carbons (Fsp3) is 0.562. The van der Waals surface area contributed by atoms with Gasteiger partial charge < -0.3 is 10.6 Å². The summed E-state index contributed by atoms with van der Waals surface area (Å²) in [4.78, 5) is 14.1. The average molecular weight is 361 g/mol. The lowest BCUT2D eigenvalue weighted by molar-refractivity contribution is -0.130. The van der Waals surface area contributed by atoms with Crippen molar-refractivity contribution < 1.29 is 13.2 Å². The van der Waals surface area contributed by atoms with E-state index in [4.69, 9.17) is 5.73 Å². The number of likely N-dealkylation sites (tertiary alicyclic amines) is 1. The number of hydrogen-bond donors (Lipinski definition) is 1. The molecule has 0 bridgehead atoms. The second-order valence-electron chi connectivity index (χ2n) is 6.05. The number of sulfone groups is 1. The smallest absolute Gasteiger partial charge is 0.222 e. The van der Waals surface area contributed by atoms with Gasteiger partial charge in [-0.25, -0.2) is 8.42 Å². The topological polar surface area (TPSA) is 80.5 Å². The Bertz CT molecular complexity index is 607. The molecule has 130 valence electrons. The zero-order valence-electron chi connectivity index (χ0n) is 13.3. The Morgan fingerprint density at radius 1 is 1.26 bits per heavy atom. The molecule has 0 aromatic heterocycles. The van der Waals surface area contributed by atoms with E-state index in [1.807, 2.05) is 23.1 Å². The molecule has 1 aliphatic heterocycles. The molecule has 5 nitrogen and oxygen atoms in total. The van der Waals surface area contributed by atoms with Gasteiger partial charge in [0.15, 0.2) is 0 Å². The van der Waals surface area contributed by atoms with Crippen molar-refractivity contribution in [1.29, 1.82) is 0 Å². The number of rotatable bonds is 6. The summed E-state index contributed by atoms with van der Waals surface area (Å²) in [5, 5.41) is 0. The van der Waals surface area contributed by atoms with Crippen molar-refractivity contribution in [3.63, 3.8) is 0 Å². The molecule has 1 aromatic rings. The van der Waals surface area contributed by atoms with Gasteiger partial charge in [0.2, 0.25) is 5.91 Å². The van der Waals surface area contributed by atoms with E-state index in [0.29, 0.717) is 26.1 Å². The Balaban J connectivity index is 0.00000264. The average Bonchev–Trinajstić information content (AvgIpc) is 2.91. The van der Waals surface area contributed by atoms with Crippen LogP contribution in [0.4, 0.5) is 0 Å². The van der Waals surface area contributed by atoms with Crippen LogP contribution in [0.1, 0.15) is 24.3 Å². The van der Waals surface area contributed by atoms with Crippen molar-refractivity contribution in [2.24, 2.45) is 11.7 Å². The van der Waals surface area contributed by atoms with Crippen molar-refractivity contribution >= 4 is 28.2 Å². The van der Waals surface area contributed by atoms with E-state index in [9.17, 15) is 13.2 Å². The predicted octanol–water partition coefficient (Wildman–Crippen LogP) is 1.43. The minimum absolute atomic E-state index is 0. The lowest BCUT2D eigenvalue weighted by atomic mass is 9.89. The number of nitrogens with two attached hydrogens (primary N) is 1. The monoisotopic (exact) mass is 360 g/mol. The van der Waals surface area contributed by atoms with Crippen LogP contribution in [0, 0.1) is 5.92 Å². The molecule has 1 amide bonds.